The van der Waals surface area contributed by atoms with Gasteiger partial charge in [-0.15, -0.1) is 0 Å². The molecule has 0 bridgehead atoms. The molecule has 0 radical (unpaired) electrons. The zero-order chi connectivity index (χ0) is 16.0. The van der Waals surface area contributed by atoms with Crippen molar-refractivity contribution in [3.63, 3.8) is 0 Å². The van der Waals surface area contributed by atoms with Crippen LogP contribution in [0.3, 0.4) is 0 Å². The van der Waals surface area contributed by atoms with E-state index < -0.39 is 18.1 Å². The lowest BCUT2D eigenvalue weighted by molar-refractivity contribution is -0.149. The molecule has 3 N–H and O–H groups in total. The molecule has 0 saturated carbocycles. The van der Waals surface area contributed by atoms with Gasteiger partial charge in [-0.3, -0.25) is 4.79 Å². The number of ether oxygens (including phenoxy) is 1. The van der Waals surface area contributed by atoms with Gasteiger partial charge in [0.15, 0.2) is 0 Å². The molecule has 0 aliphatic rings. The number of rotatable bonds is 6. The van der Waals surface area contributed by atoms with E-state index in [4.69, 9.17) is 22.1 Å². The van der Waals surface area contributed by atoms with Crippen molar-refractivity contribution in [3.05, 3.63) is 28.8 Å². The minimum absolute atomic E-state index is 0.00692. The Morgan fingerprint density at radius 3 is 2.71 bits per heavy atom. The minimum Gasteiger partial charge on any atom is -0.493 e. The lowest BCUT2D eigenvalue weighted by Gasteiger charge is -2.18. The summed E-state index contributed by atoms with van der Waals surface area (Å²) in [5, 5.41) is 2.19. The van der Waals surface area contributed by atoms with Gasteiger partial charge in [0, 0.05) is 5.02 Å². The number of nitrogens with one attached hydrogen (secondary N) is 1. The predicted molar refractivity (Wildman–Crippen MR) is 73.6 cm³/mol. The minimum atomic E-state index is -4.51. The summed E-state index contributed by atoms with van der Waals surface area (Å²) < 4.78 is 42.7. The van der Waals surface area contributed by atoms with Crippen molar-refractivity contribution < 1.29 is 22.7 Å². The molecule has 4 nitrogen and oxygen atoms in total. The van der Waals surface area contributed by atoms with Crippen molar-refractivity contribution >= 4 is 17.5 Å². The van der Waals surface area contributed by atoms with E-state index in [1.54, 1.807) is 0 Å². The van der Waals surface area contributed by atoms with Crippen molar-refractivity contribution in [2.45, 2.75) is 25.6 Å². The van der Waals surface area contributed by atoms with E-state index in [0.717, 1.165) is 6.92 Å². The molecule has 1 rings (SSSR count). The van der Waals surface area contributed by atoms with E-state index in [9.17, 15) is 18.0 Å². The third kappa shape index (κ3) is 5.43. The molecule has 1 aromatic carbocycles. The Bertz CT molecular complexity index is 495. The molecular weight excluding hydrogens is 309 g/mol. The van der Waals surface area contributed by atoms with Crippen LogP contribution in [0.25, 0.3) is 0 Å². The summed E-state index contributed by atoms with van der Waals surface area (Å²) in [5.41, 5.74) is 5.32. The zero-order valence-corrected chi connectivity index (χ0v) is 12.1. The summed E-state index contributed by atoms with van der Waals surface area (Å²) in [4.78, 5) is 11.9. The molecule has 118 valence electrons. The average Bonchev–Trinajstić information content (AvgIpc) is 2.37. The molecule has 0 fully saturated rings. The normalized spacial score (nSPS) is 12.9. The lowest BCUT2D eigenvalue weighted by Crippen LogP contribution is -2.43. The number of hydrogen-bond donors (Lipinski definition) is 2. The van der Waals surface area contributed by atoms with Crippen molar-refractivity contribution in [1.29, 1.82) is 0 Å². The second-order valence-corrected chi connectivity index (χ2v) is 4.80. The van der Waals surface area contributed by atoms with Gasteiger partial charge in [-0.1, -0.05) is 11.6 Å². The summed E-state index contributed by atoms with van der Waals surface area (Å²) >= 11 is 5.80. The average molecular weight is 325 g/mol. The highest BCUT2D eigenvalue weighted by Gasteiger charge is 2.37. The Labute approximate surface area is 125 Å². The van der Waals surface area contributed by atoms with Crippen LogP contribution in [0.15, 0.2) is 18.2 Å². The van der Waals surface area contributed by atoms with E-state index in [2.05, 4.69) is 0 Å². The van der Waals surface area contributed by atoms with Crippen LogP contribution in [0.4, 0.5) is 13.2 Å². The van der Waals surface area contributed by atoms with Crippen molar-refractivity contribution in [1.82, 2.24) is 5.32 Å². The third-order valence-electron chi connectivity index (χ3n) is 2.63. The quantitative estimate of drug-likeness (QED) is 0.791. The molecule has 1 atom stereocenters. The number of hydrogen-bond acceptors (Lipinski definition) is 3. The summed E-state index contributed by atoms with van der Waals surface area (Å²) in [6, 6.07) is 2.14. The molecule has 0 aliphatic carbocycles. The maximum absolute atomic E-state index is 12.5. The first-order valence-electron chi connectivity index (χ1n) is 6.25. The maximum Gasteiger partial charge on any atom is 0.408 e. The first-order chi connectivity index (χ1) is 9.75. The van der Waals surface area contributed by atoms with Crippen molar-refractivity contribution in [2.24, 2.45) is 5.73 Å². The number of alkyl halides is 3. The number of halogens is 4. The van der Waals surface area contributed by atoms with Gasteiger partial charge in [-0.2, -0.15) is 13.2 Å². The van der Waals surface area contributed by atoms with E-state index in [0.29, 0.717) is 18.0 Å². The highest BCUT2D eigenvalue weighted by molar-refractivity contribution is 6.30. The van der Waals surface area contributed by atoms with Crippen LogP contribution in [0.2, 0.25) is 5.02 Å². The molecule has 0 spiro atoms. The van der Waals surface area contributed by atoms with Crippen LogP contribution in [-0.4, -0.2) is 31.3 Å². The lowest BCUT2D eigenvalue weighted by atomic mass is 10.1. The van der Waals surface area contributed by atoms with Gasteiger partial charge in [-0.25, -0.2) is 0 Å². The number of benzene rings is 1. The topological polar surface area (TPSA) is 64.3 Å². The van der Waals surface area contributed by atoms with Crippen LogP contribution in [0, 0.1) is 0 Å². The molecule has 0 heterocycles. The van der Waals surface area contributed by atoms with Crippen LogP contribution in [-0.2, 0) is 0 Å². The number of carbonyl (C=O) groups excluding carboxylic acids is 1. The molecule has 8 heteroatoms. The maximum atomic E-state index is 12.5. The standard InChI is InChI=1S/C13H16ClF3N2O2/c1-8(13(15,16)17)19-12(20)10-4-3-9(14)7-11(10)21-6-2-5-18/h3-4,7-8H,2,5-6,18H2,1H3,(H,19,20). The first kappa shape index (κ1) is 17.6. The number of carbonyl (C=O) groups is 1. The van der Waals surface area contributed by atoms with Crippen LogP contribution in [0.1, 0.15) is 23.7 Å². The van der Waals surface area contributed by atoms with Gasteiger partial charge in [0.2, 0.25) is 0 Å². The van der Waals surface area contributed by atoms with Crippen LogP contribution >= 0.6 is 11.6 Å². The van der Waals surface area contributed by atoms with Gasteiger partial charge in [0.25, 0.3) is 5.91 Å². The molecular formula is C13H16ClF3N2O2. The molecule has 0 aliphatic heterocycles. The van der Waals surface area contributed by atoms with Gasteiger partial charge < -0.3 is 15.8 Å². The fraction of sp³-hybridized carbons (Fsp3) is 0.462. The van der Waals surface area contributed by atoms with E-state index in [1.807, 2.05) is 5.32 Å². The fourth-order valence-electron chi connectivity index (χ4n) is 1.42. The van der Waals surface area contributed by atoms with Crippen molar-refractivity contribution in [2.75, 3.05) is 13.2 Å². The number of amides is 1. The van der Waals surface area contributed by atoms with Crippen LogP contribution < -0.4 is 15.8 Å². The molecule has 0 aromatic heterocycles. The van der Waals surface area contributed by atoms with Gasteiger partial charge in [0.1, 0.15) is 11.8 Å². The fourth-order valence-corrected chi connectivity index (χ4v) is 1.59. The molecule has 1 amide bonds. The molecule has 1 unspecified atom stereocenters. The Kier molecular flexibility index (Phi) is 6.29. The SMILES string of the molecule is CC(NC(=O)c1ccc(Cl)cc1OCCCN)C(F)(F)F. The highest BCUT2D eigenvalue weighted by Crippen LogP contribution is 2.25. The Balaban J connectivity index is 2.87. The molecule has 0 saturated heterocycles. The van der Waals surface area contributed by atoms with E-state index in [-0.39, 0.29) is 17.9 Å². The summed E-state index contributed by atoms with van der Waals surface area (Å²) in [6.45, 7) is 1.50. The first-order valence-corrected chi connectivity index (χ1v) is 6.63. The second-order valence-electron chi connectivity index (χ2n) is 4.37. The van der Waals surface area contributed by atoms with Gasteiger partial charge >= 0.3 is 6.18 Å². The molecule has 1 aromatic rings. The smallest absolute Gasteiger partial charge is 0.408 e. The van der Waals surface area contributed by atoms with E-state index in [1.165, 1.54) is 18.2 Å². The Morgan fingerprint density at radius 1 is 1.48 bits per heavy atom. The summed E-state index contributed by atoms with van der Waals surface area (Å²) in [7, 11) is 0. The van der Waals surface area contributed by atoms with Gasteiger partial charge in [0.05, 0.1) is 12.2 Å². The number of nitrogens with two attached hydrogens (primary N) is 1. The Morgan fingerprint density at radius 2 is 2.14 bits per heavy atom. The second kappa shape index (κ2) is 7.51. The highest BCUT2D eigenvalue weighted by atomic mass is 35.5. The predicted octanol–water partition coefficient (Wildman–Crippen LogP) is 2.75. The summed E-state index contributed by atoms with van der Waals surface area (Å²) in [6.07, 6.45) is -3.96. The van der Waals surface area contributed by atoms with Gasteiger partial charge in [-0.05, 0) is 38.1 Å². The monoisotopic (exact) mass is 324 g/mol. The molecule has 21 heavy (non-hydrogen) atoms. The zero-order valence-electron chi connectivity index (χ0n) is 11.3. The Hall–Kier alpha value is -1.47. The van der Waals surface area contributed by atoms with Crippen molar-refractivity contribution in [3.8, 4) is 5.75 Å². The third-order valence-corrected chi connectivity index (χ3v) is 2.87. The summed E-state index contributed by atoms with van der Waals surface area (Å²) in [5.74, 6) is -0.748. The van der Waals surface area contributed by atoms with E-state index >= 15 is 0 Å². The largest absolute Gasteiger partial charge is 0.493 e. The van der Waals surface area contributed by atoms with Crippen LogP contribution in [0.5, 0.6) is 5.75 Å².